The van der Waals surface area contributed by atoms with Crippen molar-refractivity contribution in [1.82, 2.24) is 4.57 Å². The summed E-state index contributed by atoms with van der Waals surface area (Å²) in [5, 5.41) is 9.27. The van der Waals surface area contributed by atoms with Gasteiger partial charge >= 0.3 is 0 Å². The molecule has 1 aromatic heterocycles. The van der Waals surface area contributed by atoms with Crippen molar-refractivity contribution in [2.24, 2.45) is 0 Å². The molecule has 1 heterocycles. The van der Waals surface area contributed by atoms with E-state index in [2.05, 4.69) is 42.7 Å². The minimum absolute atomic E-state index is 0.104. The Labute approximate surface area is 103 Å². The Bertz CT molecular complexity index is 508. The molecule has 0 bridgehead atoms. The highest BCUT2D eigenvalue weighted by Gasteiger charge is 2.09. The van der Waals surface area contributed by atoms with Gasteiger partial charge in [-0.3, -0.25) is 0 Å². The van der Waals surface area contributed by atoms with Crippen molar-refractivity contribution >= 4 is 0 Å². The van der Waals surface area contributed by atoms with Gasteiger partial charge in [0.25, 0.3) is 0 Å². The van der Waals surface area contributed by atoms with E-state index in [-0.39, 0.29) is 6.61 Å². The van der Waals surface area contributed by atoms with Gasteiger partial charge in [0.1, 0.15) is 0 Å². The van der Waals surface area contributed by atoms with Gasteiger partial charge in [0.05, 0.1) is 6.61 Å². The third-order valence-electron chi connectivity index (χ3n) is 3.31. The number of hydrogen-bond donors (Lipinski definition) is 1. The first kappa shape index (κ1) is 11.9. The molecule has 0 fully saturated rings. The molecule has 90 valence electrons. The molecule has 0 saturated heterocycles. The molecule has 0 unspecified atom stereocenters. The molecule has 0 aliphatic rings. The maximum absolute atomic E-state index is 9.27. The zero-order valence-corrected chi connectivity index (χ0v) is 10.7. The van der Waals surface area contributed by atoms with Crippen LogP contribution in [0.25, 0.3) is 5.69 Å². The van der Waals surface area contributed by atoms with Gasteiger partial charge in [-0.1, -0.05) is 19.1 Å². The summed E-state index contributed by atoms with van der Waals surface area (Å²) in [5.41, 5.74) is 5.79. The number of rotatable bonds is 3. The predicted molar refractivity (Wildman–Crippen MR) is 70.5 cm³/mol. The Morgan fingerprint density at radius 1 is 1.12 bits per heavy atom. The summed E-state index contributed by atoms with van der Waals surface area (Å²) >= 11 is 0. The highest BCUT2D eigenvalue weighted by atomic mass is 16.3. The summed E-state index contributed by atoms with van der Waals surface area (Å²) in [4.78, 5) is 0. The third kappa shape index (κ3) is 2.13. The van der Waals surface area contributed by atoms with Crippen LogP contribution in [0.1, 0.15) is 29.4 Å². The molecular weight excluding hydrogens is 210 g/mol. The Balaban J connectivity index is 2.48. The molecule has 1 aromatic carbocycles. The highest BCUT2D eigenvalue weighted by molar-refractivity contribution is 5.42. The minimum atomic E-state index is 0.104. The van der Waals surface area contributed by atoms with E-state index in [0.717, 1.165) is 29.1 Å². The SMILES string of the molecule is CCc1ccc(-n2c(C)cc(CO)c2C)cc1. The lowest BCUT2D eigenvalue weighted by Gasteiger charge is -2.10. The third-order valence-corrected chi connectivity index (χ3v) is 3.31. The van der Waals surface area contributed by atoms with Crippen LogP contribution >= 0.6 is 0 Å². The fourth-order valence-electron chi connectivity index (χ4n) is 2.27. The van der Waals surface area contributed by atoms with E-state index in [1.807, 2.05) is 13.0 Å². The van der Waals surface area contributed by atoms with Crippen LogP contribution in [0, 0.1) is 13.8 Å². The summed E-state index contributed by atoms with van der Waals surface area (Å²) in [7, 11) is 0. The molecule has 0 radical (unpaired) electrons. The lowest BCUT2D eigenvalue weighted by molar-refractivity contribution is 0.281. The number of aromatic nitrogens is 1. The molecule has 0 aliphatic carbocycles. The first-order chi connectivity index (χ1) is 8.17. The fourth-order valence-corrected chi connectivity index (χ4v) is 2.27. The van der Waals surface area contributed by atoms with E-state index >= 15 is 0 Å². The number of benzene rings is 1. The van der Waals surface area contributed by atoms with Gasteiger partial charge in [-0.15, -0.1) is 0 Å². The summed E-state index contributed by atoms with van der Waals surface area (Å²) in [5.74, 6) is 0. The van der Waals surface area contributed by atoms with Gasteiger partial charge < -0.3 is 9.67 Å². The van der Waals surface area contributed by atoms with Gasteiger partial charge in [-0.2, -0.15) is 0 Å². The normalized spacial score (nSPS) is 10.8. The quantitative estimate of drug-likeness (QED) is 0.859. The standard InChI is InChI=1S/C15H19NO/c1-4-13-5-7-15(8-6-13)16-11(2)9-14(10-17)12(16)3/h5-9,17H,4,10H2,1-3H3. The number of nitrogens with zero attached hydrogens (tertiary/aromatic N) is 1. The second-order valence-electron chi connectivity index (χ2n) is 4.41. The molecule has 0 atom stereocenters. The number of hydrogen-bond acceptors (Lipinski definition) is 1. The van der Waals surface area contributed by atoms with Crippen molar-refractivity contribution in [3.8, 4) is 5.69 Å². The van der Waals surface area contributed by atoms with Gasteiger partial charge in [-0.05, 0) is 49.6 Å². The minimum Gasteiger partial charge on any atom is -0.392 e. The van der Waals surface area contributed by atoms with Crippen molar-refractivity contribution < 1.29 is 5.11 Å². The summed E-state index contributed by atoms with van der Waals surface area (Å²) in [6.45, 7) is 6.38. The molecule has 2 aromatic rings. The van der Waals surface area contributed by atoms with Crippen molar-refractivity contribution in [3.63, 3.8) is 0 Å². The molecule has 0 spiro atoms. The summed E-state index contributed by atoms with van der Waals surface area (Å²) in [6, 6.07) is 10.6. The van der Waals surface area contributed by atoms with E-state index < -0.39 is 0 Å². The Hall–Kier alpha value is -1.54. The average Bonchev–Trinajstić information content (AvgIpc) is 2.64. The zero-order valence-electron chi connectivity index (χ0n) is 10.7. The van der Waals surface area contributed by atoms with Crippen molar-refractivity contribution in [2.45, 2.75) is 33.8 Å². The summed E-state index contributed by atoms with van der Waals surface area (Å²) in [6.07, 6.45) is 1.06. The lowest BCUT2D eigenvalue weighted by Crippen LogP contribution is -1.99. The zero-order chi connectivity index (χ0) is 12.4. The van der Waals surface area contributed by atoms with E-state index in [0.29, 0.717) is 0 Å². The number of aliphatic hydroxyl groups excluding tert-OH is 1. The topological polar surface area (TPSA) is 25.2 Å². The Morgan fingerprint density at radius 2 is 1.76 bits per heavy atom. The Kier molecular flexibility index (Phi) is 3.34. The van der Waals surface area contributed by atoms with Crippen LogP contribution in [0.15, 0.2) is 30.3 Å². The average molecular weight is 229 g/mol. The first-order valence-electron chi connectivity index (χ1n) is 6.05. The number of aliphatic hydroxyl groups is 1. The molecule has 1 N–H and O–H groups in total. The monoisotopic (exact) mass is 229 g/mol. The van der Waals surface area contributed by atoms with E-state index in [4.69, 9.17) is 0 Å². The smallest absolute Gasteiger partial charge is 0.0699 e. The molecular formula is C15H19NO. The molecule has 2 nitrogen and oxygen atoms in total. The van der Waals surface area contributed by atoms with Gasteiger partial charge in [-0.25, -0.2) is 0 Å². The molecule has 0 aliphatic heterocycles. The predicted octanol–water partition coefficient (Wildman–Crippen LogP) is 3.15. The Morgan fingerprint density at radius 3 is 2.24 bits per heavy atom. The van der Waals surface area contributed by atoms with Gasteiger partial charge in [0, 0.05) is 17.1 Å². The highest BCUT2D eigenvalue weighted by Crippen LogP contribution is 2.21. The second-order valence-corrected chi connectivity index (χ2v) is 4.41. The summed E-state index contributed by atoms with van der Waals surface area (Å²) < 4.78 is 2.19. The largest absolute Gasteiger partial charge is 0.392 e. The van der Waals surface area contributed by atoms with Crippen molar-refractivity contribution in [2.75, 3.05) is 0 Å². The van der Waals surface area contributed by atoms with Crippen LogP contribution < -0.4 is 0 Å². The molecule has 0 amide bonds. The van der Waals surface area contributed by atoms with Crippen molar-refractivity contribution in [3.05, 3.63) is 52.8 Å². The maximum atomic E-state index is 9.27. The lowest BCUT2D eigenvalue weighted by atomic mass is 10.1. The molecule has 17 heavy (non-hydrogen) atoms. The van der Waals surface area contributed by atoms with Crippen molar-refractivity contribution in [1.29, 1.82) is 0 Å². The van der Waals surface area contributed by atoms with Crippen LogP contribution in [0.2, 0.25) is 0 Å². The second kappa shape index (κ2) is 4.76. The first-order valence-corrected chi connectivity index (χ1v) is 6.05. The molecule has 2 heteroatoms. The van der Waals surface area contributed by atoms with Gasteiger partial charge in [0.2, 0.25) is 0 Å². The molecule has 0 saturated carbocycles. The van der Waals surface area contributed by atoms with E-state index in [1.165, 1.54) is 5.56 Å². The van der Waals surface area contributed by atoms with Crippen LogP contribution in [0.3, 0.4) is 0 Å². The van der Waals surface area contributed by atoms with Gasteiger partial charge in [0.15, 0.2) is 0 Å². The van der Waals surface area contributed by atoms with E-state index in [1.54, 1.807) is 0 Å². The van der Waals surface area contributed by atoms with E-state index in [9.17, 15) is 5.11 Å². The van der Waals surface area contributed by atoms with Crippen LogP contribution in [-0.4, -0.2) is 9.67 Å². The maximum Gasteiger partial charge on any atom is 0.0699 e. The molecule has 2 rings (SSSR count). The van der Waals surface area contributed by atoms with Crippen LogP contribution in [0.5, 0.6) is 0 Å². The number of aryl methyl sites for hydroxylation is 2. The fraction of sp³-hybridized carbons (Fsp3) is 0.333. The van der Waals surface area contributed by atoms with Crippen LogP contribution in [-0.2, 0) is 13.0 Å². The van der Waals surface area contributed by atoms with Crippen LogP contribution in [0.4, 0.5) is 0 Å².